The van der Waals surface area contributed by atoms with Gasteiger partial charge in [-0.1, -0.05) is 6.07 Å². The summed E-state index contributed by atoms with van der Waals surface area (Å²) in [6.07, 6.45) is -0.468. The maximum Gasteiger partial charge on any atom is 0.305 e. The van der Waals surface area contributed by atoms with E-state index in [-0.39, 0.29) is 24.4 Å². The van der Waals surface area contributed by atoms with E-state index in [1.54, 1.807) is 13.0 Å². The number of hydrogen-bond donors (Lipinski definition) is 3. The van der Waals surface area contributed by atoms with Gasteiger partial charge in [0.1, 0.15) is 11.8 Å². The Morgan fingerprint density at radius 3 is 2.76 bits per heavy atom. The molecule has 0 spiro atoms. The molecule has 7 heteroatoms. The van der Waals surface area contributed by atoms with Gasteiger partial charge in [0.05, 0.1) is 12.0 Å². The van der Waals surface area contributed by atoms with Gasteiger partial charge in [-0.2, -0.15) is 0 Å². The maximum absolute atomic E-state index is 12.5. The van der Waals surface area contributed by atoms with Gasteiger partial charge < -0.3 is 20.4 Å². The van der Waals surface area contributed by atoms with E-state index < -0.39 is 30.2 Å². The number of aliphatic carboxylic acids is 1. The smallest absolute Gasteiger partial charge is 0.305 e. The predicted octanol–water partition coefficient (Wildman–Crippen LogP) is 0.116. The van der Waals surface area contributed by atoms with Crippen LogP contribution in [0.15, 0.2) is 18.2 Å². The Kier molecular flexibility index (Phi) is 4.11. The van der Waals surface area contributed by atoms with Gasteiger partial charge in [-0.15, -0.1) is 0 Å². The highest BCUT2D eigenvalue weighted by molar-refractivity contribution is 6.01. The van der Waals surface area contributed by atoms with Gasteiger partial charge in [0.15, 0.2) is 0 Å². The van der Waals surface area contributed by atoms with Gasteiger partial charge in [-0.05, 0) is 24.6 Å². The Morgan fingerprint density at radius 1 is 1.43 bits per heavy atom. The molecule has 0 saturated carbocycles. The number of phenols is 1. The number of carboxylic acid groups (broad SMARTS) is 1. The molecule has 0 bridgehead atoms. The van der Waals surface area contributed by atoms with Gasteiger partial charge in [0.2, 0.25) is 5.91 Å². The molecular weight excluding hydrogens is 276 g/mol. The second-order valence-electron chi connectivity index (χ2n) is 4.92. The van der Waals surface area contributed by atoms with Gasteiger partial charge >= 0.3 is 5.97 Å². The lowest BCUT2D eigenvalue weighted by Gasteiger charge is -2.34. The van der Waals surface area contributed by atoms with E-state index in [0.717, 1.165) is 5.56 Å². The Hall–Kier alpha value is -2.57. The van der Waals surface area contributed by atoms with Crippen LogP contribution in [0.25, 0.3) is 0 Å². The fourth-order valence-electron chi connectivity index (χ4n) is 2.30. The van der Waals surface area contributed by atoms with Crippen molar-refractivity contribution in [2.75, 3.05) is 13.1 Å². The van der Waals surface area contributed by atoms with E-state index >= 15 is 0 Å². The molecule has 112 valence electrons. The number of rotatable bonds is 3. The number of hydrogen-bond acceptors (Lipinski definition) is 4. The van der Waals surface area contributed by atoms with Crippen LogP contribution in [-0.2, 0) is 9.59 Å². The van der Waals surface area contributed by atoms with Crippen LogP contribution >= 0.6 is 0 Å². The number of piperazine rings is 1. The van der Waals surface area contributed by atoms with Crippen LogP contribution < -0.4 is 5.32 Å². The number of aryl methyl sites for hydroxylation is 1. The van der Waals surface area contributed by atoms with Crippen molar-refractivity contribution in [3.8, 4) is 5.75 Å². The third kappa shape index (κ3) is 3.13. The van der Waals surface area contributed by atoms with Crippen molar-refractivity contribution in [2.45, 2.75) is 19.4 Å². The fourth-order valence-corrected chi connectivity index (χ4v) is 2.30. The SMILES string of the molecule is Cc1ccc(C(=O)N2CCNC(=O)C2CC(=O)O)c(O)c1. The molecule has 1 saturated heterocycles. The van der Waals surface area contributed by atoms with Crippen LogP contribution in [0.4, 0.5) is 0 Å². The molecule has 0 radical (unpaired) electrons. The quantitative estimate of drug-likeness (QED) is 0.733. The Bertz CT molecular complexity index is 599. The molecule has 1 aromatic carbocycles. The summed E-state index contributed by atoms with van der Waals surface area (Å²) in [5.41, 5.74) is 0.855. The lowest BCUT2D eigenvalue weighted by atomic mass is 10.0. The molecule has 7 nitrogen and oxygen atoms in total. The molecule has 2 amide bonds. The van der Waals surface area contributed by atoms with Crippen molar-refractivity contribution in [3.05, 3.63) is 29.3 Å². The first-order chi connectivity index (χ1) is 9.90. The van der Waals surface area contributed by atoms with Gasteiger partial charge in [-0.3, -0.25) is 14.4 Å². The normalized spacial score (nSPS) is 18.2. The van der Waals surface area contributed by atoms with Crippen LogP contribution in [-0.4, -0.2) is 52.0 Å². The summed E-state index contributed by atoms with van der Waals surface area (Å²) in [5, 5.41) is 21.3. The summed E-state index contributed by atoms with van der Waals surface area (Å²) in [6.45, 7) is 2.23. The average Bonchev–Trinajstić information content (AvgIpc) is 2.40. The van der Waals surface area contributed by atoms with E-state index in [1.165, 1.54) is 17.0 Å². The highest BCUT2D eigenvalue weighted by Crippen LogP contribution is 2.22. The molecular formula is C14H16N2O5. The van der Waals surface area contributed by atoms with Crippen molar-refractivity contribution in [3.63, 3.8) is 0 Å². The van der Waals surface area contributed by atoms with Crippen LogP contribution in [0.2, 0.25) is 0 Å². The van der Waals surface area contributed by atoms with Crippen LogP contribution in [0.1, 0.15) is 22.3 Å². The van der Waals surface area contributed by atoms with Crippen molar-refractivity contribution >= 4 is 17.8 Å². The van der Waals surface area contributed by atoms with Crippen molar-refractivity contribution in [1.82, 2.24) is 10.2 Å². The van der Waals surface area contributed by atoms with E-state index in [1.807, 2.05) is 0 Å². The first-order valence-electron chi connectivity index (χ1n) is 6.50. The Morgan fingerprint density at radius 2 is 2.14 bits per heavy atom. The van der Waals surface area contributed by atoms with E-state index in [2.05, 4.69) is 5.32 Å². The van der Waals surface area contributed by atoms with Gasteiger partial charge in [0.25, 0.3) is 5.91 Å². The largest absolute Gasteiger partial charge is 0.507 e. The zero-order valence-corrected chi connectivity index (χ0v) is 11.5. The number of amides is 2. The standard InChI is InChI=1S/C14H16N2O5/c1-8-2-3-9(11(17)6-8)14(21)16-5-4-15-13(20)10(16)7-12(18)19/h2-3,6,10,17H,4-5,7H2,1H3,(H,15,20)(H,18,19). The van der Waals surface area contributed by atoms with Crippen LogP contribution in [0, 0.1) is 6.92 Å². The molecule has 1 aliphatic heterocycles. The zero-order valence-electron chi connectivity index (χ0n) is 11.5. The summed E-state index contributed by atoms with van der Waals surface area (Å²) in [7, 11) is 0. The van der Waals surface area contributed by atoms with Crippen LogP contribution in [0.5, 0.6) is 5.75 Å². The Labute approximate surface area is 121 Å². The lowest BCUT2D eigenvalue weighted by Crippen LogP contribution is -2.57. The summed E-state index contributed by atoms with van der Waals surface area (Å²) >= 11 is 0. The molecule has 1 unspecified atom stereocenters. The first kappa shape index (κ1) is 14.8. The number of benzene rings is 1. The molecule has 1 heterocycles. The molecule has 0 aromatic heterocycles. The molecule has 1 aromatic rings. The molecule has 1 aliphatic rings. The molecule has 0 aliphatic carbocycles. The third-order valence-corrected chi connectivity index (χ3v) is 3.34. The van der Waals surface area contributed by atoms with E-state index in [0.29, 0.717) is 0 Å². The number of carboxylic acids is 1. The summed E-state index contributed by atoms with van der Waals surface area (Å²) in [4.78, 5) is 36.3. The maximum atomic E-state index is 12.5. The number of carbonyl (C=O) groups excluding carboxylic acids is 2. The minimum absolute atomic E-state index is 0.0608. The predicted molar refractivity (Wildman–Crippen MR) is 72.9 cm³/mol. The van der Waals surface area contributed by atoms with Gasteiger partial charge in [0, 0.05) is 13.1 Å². The monoisotopic (exact) mass is 292 g/mol. The van der Waals surface area contributed by atoms with Crippen molar-refractivity contribution in [2.24, 2.45) is 0 Å². The Balaban J connectivity index is 2.30. The number of nitrogens with one attached hydrogen (secondary N) is 1. The van der Waals surface area contributed by atoms with Crippen molar-refractivity contribution < 1.29 is 24.6 Å². The average molecular weight is 292 g/mol. The fraction of sp³-hybridized carbons (Fsp3) is 0.357. The second-order valence-corrected chi connectivity index (χ2v) is 4.92. The van der Waals surface area contributed by atoms with Crippen LogP contribution in [0.3, 0.4) is 0 Å². The summed E-state index contributed by atoms with van der Waals surface area (Å²) in [6, 6.07) is 3.52. The molecule has 21 heavy (non-hydrogen) atoms. The third-order valence-electron chi connectivity index (χ3n) is 3.34. The highest BCUT2D eigenvalue weighted by atomic mass is 16.4. The molecule has 2 rings (SSSR count). The van der Waals surface area contributed by atoms with E-state index in [9.17, 15) is 19.5 Å². The molecule has 3 N–H and O–H groups in total. The van der Waals surface area contributed by atoms with Crippen molar-refractivity contribution in [1.29, 1.82) is 0 Å². The highest BCUT2D eigenvalue weighted by Gasteiger charge is 2.35. The number of nitrogens with zero attached hydrogens (tertiary/aromatic N) is 1. The van der Waals surface area contributed by atoms with E-state index in [4.69, 9.17) is 5.11 Å². The molecule has 1 atom stereocenters. The summed E-state index contributed by atoms with van der Waals surface area (Å²) in [5.74, 6) is -2.39. The topological polar surface area (TPSA) is 107 Å². The first-order valence-corrected chi connectivity index (χ1v) is 6.50. The summed E-state index contributed by atoms with van der Waals surface area (Å²) < 4.78 is 0. The lowest BCUT2D eigenvalue weighted by molar-refractivity contribution is -0.142. The number of aromatic hydroxyl groups is 1. The number of carbonyl (C=O) groups is 3. The number of phenolic OH excluding ortho intramolecular Hbond substituents is 1. The zero-order chi connectivity index (χ0) is 15.6. The van der Waals surface area contributed by atoms with Gasteiger partial charge in [-0.25, -0.2) is 0 Å². The minimum atomic E-state index is -1.16. The second kappa shape index (κ2) is 5.82. The minimum Gasteiger partial charge on any atom is -0.507 e. The molecule has 1 fully saturated rings.